The molecule has 24 heavy (non-hydrogen) atoms. The van der Waals surface area contributed by atoms with Gasteiger partial charge in [-0.25, -0.2) is 8.42 Å². The van der Waals surface area contributed by atoms with Crippen LogP contribution in [0.25, 0.3) is 0 Å². The van der Waals surface area contributed by atoms with Gasteiger partial charge in [-0.1, -0.05) is 48.0 Å². The number of rotatable bonds is 6. The number of sulfonamides is 1. The lowest BCUT2D eigenvalue weighted by Crippen LogP contribution is -2.54. The van der Waals surface area contributed by atoms with E-state index in [4.69, 9.17) is 4.74 Å². The molecule has 0 aliphatic rings. The highest BCUT2D eigenvalue weighted by molar-refractivity contribution is 7.89. The molecule has 0 radical (unpaired) electrons. The van der Waals surface area contributed by atoms with E-state index in [1.807, 2.05) is 37.3 Å². The molecule has 0 amide bonds. The lowest BCUT2D eigenvalue weighted by atomic mass is 9.94. The van der Waals surface area contributed by atoms with Crippen LogP contribution in [-0.2, 0) is 26.0 Å². The molecule has 0 bridgehead atoms. The molecule has 0 aliphatic heterocycles. The molecule has 0 spiro atoms. The minimum atomic E-state index is -3.86. The summed E-state index contributed by atoms with van der Waals surface area (Å²) in [6.45, 7) is 3.40. The highest BCUT2D eigenvalue weighted by atomic mass is 32.2. The van der Waals surface area contributed by atoms with E-state index in [1.54, 1.807) is 12.1 Å². The van der Waals surface area contributed by atoms with E-state index in [2.05, 4.69) is 4.72 Å². The van der Waals surface area contributed by atoms with Crippen molar-refractivity contribution in [3.05, 3.63) is 65.7 Å². The van der Waals surface area contributed by atoms with Crippen LogP contribution in [0.15, 0.2) is 59.5 Å². The Balaban J connectivity index is 2.34. The molecule has 2 rings (SSSR count). The average molecular weight is 347 g/mol. The van der Waals surface area contributed by atoms with E-state index in [9.17, 15) is 13.2 Å². The second-order valence-corrected chi connectivity index (χ2v) is 7.59. The van der Waals surface area contributed by atoms with Gasteiger partial charge in [0.15, 0.2) is 0 Å². The van der Waals surface area contributed by atoms with Crippen LogP contribution >= 0.6 is 0 Å². The summed E-state index contributed by atoms with van der Waals surface area (Å²) in [6, 6.07) is 15.6. The highest BCUT2D eigenvalue weighted by Crippen LogP contribution is 2.20. The van der Waals surface area contributed by atoms with E-state index >= 15 is 0 Å². The fraction of sp³-hybridized carbons (Fsp3) is 0.278. The normalized spacial score (nSPS) is 14.0. The van der Waals surface area contributed by atoms with Crippen LogP contribution in [0.1, 0.15) is 18.1 Å². The smallest absolute Gasteiger partial charge is 0.327 e. The molecule has 2 aromatic rings. The fourth-order valence-electron chi connectivity index (χ4n) is 2.45. The molecule has 5 nitrogen and oxygen atoms in total. The Hall–Kier alpha value is -2.18. The lowest BCUT2D eigenvalue weighted by molar-refractivity contribution is -0.147. The molecule has 128 valence electrons. The van der Waals surface area contributed by atoms with Crippen molar-refractivity contribution < 1.29 is 17.9 Å². The Labute approximate surface area is 142 Å². The minimum Gasteiger partial charge on any atom is -0.468 e. The average Bonchev–Trinajstić information content (AvgIpc) is 2.54. The van der Waals surface area contributed by atoms with Crippen molar-refractivity contribution in [1.82, 2.24) is 4.72 Å². The van der Waals surface area contributed by atoms with Crippen molar-refractivity contribution in [2.24, 2.45) is 0 Å². The molecular weight excluding hydrogens is 326 g/mol. The number of ether oxygens (including phenoxy) is 1. The Morgan fingerprint density at radius 1 is 1.08 bits per heavy atom. The van der Waals surface area contributed by atoms with Crippen molar-refractivity contribution in [2.45, 2.75) is 30.7 Å². The quantitative estimate of drug-likeness (QED) is 0.815. The first-order chi connectivity index (χ1) is 11.3. The van der Waals surface area contributed by atoms with Gasteiger partial charge in [-0.3, -0.25) is 4.79 Å². The van der Waals surface area contributed by atoms with Crippen LogP contribution in [0.5, 0.6) is 0 Å². The van der Waals surface area contributed by atoms with Crippen molar-refractivity contribution >= 4 is 16.0 Å². The zero-order chi connectivity index (χ0) is 17.8. The summed E-state index contributed by atoms with van der Waals surface area (Å²) >= 11 is 0. The van der Waals surface area contributed by atoms with Gasteiger partial charge in [0.2, 0.25) is 10.0 Å². The lowest BCUT2D eigenvalue weighted by Gasteiger charge is -2.27. The van der Waals surface area contributed by atoms with Gasteiger partial charge >= 0.3 is 5.97 Å². The Morgan fingerprint density at radius 3 is 2.21 bits per heavy atom. The Morgan fingerprint density at radius 2 is 1.67 bits per heavy atom. The van der Waals surface area contributed by atoms with Gasteiger partial charge in [-0.05, 0) is 31.5 Å². The molecule has 0 aliphatic carbocycles. The van der Waals surface area contributed by atoms with E-state index in [1.165, 1.54) is 26.2 Å². The maximum atomic E-state index is 12.7. The van der Waals surface area contributed by atoms with Crippen LogP contribution in [0, 0.1) is 6.92 Å². The number of carbonyl (C=O) groups excluding carboxylic acids is 1. The molecule has 0 unspecified atom stereocenters. The van der Waals surface area contributed by atoms with Crippen molar-refractivity contribution in [2.75, 3.05) is 7.11 Å². The molecular formula is C18H21NO4S. The van der Waals surface area contributed by atoms with Gasteiger partial charge in [-0.15, -0.1) is 0 Å². The summed E-state index contributed by atoms with van der Waals surface area (Å²) in [6.07, 6.45) is 0.186. The van der Waals surface area contributed by atoms with Gasteiger partial charge in [0.1, 0.15) is 5.54 Å². The standard InChI is InChI=1S/C18H21NO4S/c1-14-9-11-16(12-10-14)24(21,22)19-18(2,17(20)23-3)13-15-7-5-4-6-8-15/h4-12,19H,13H2,1-3H3/t18-/m1/s1. The van der Waals surface area contributed by atoms with Crippen LogP contribution in [0.3, 0.4) is 0 Å². The monoisotopic (exact) mass is 347 g/mol. The molecule has 1 atom stereocenters. The first-order valence-corrected chi connectivity index (χ1v) is 8.98. The van der Waals surface area contributed by atoms with Crippen LogP contribution in [0.2, 0.25) is 0 Å². The third kappa shape index (κ3) is 4.21. The van der Waals surface area contributed by atoms with Crippen LogP contribution in [0.4, 0.5) is 0 Å². The summed E-state index contributed by atoms with van der Waals surface area (Å²) in [7, 11) is -2.62. The van der Waals surface area contributed by atoms with Gasteiger partial charge < -0.3 is 4.74 Å². The highest BCUT2D eigenvalue weighted by Gasteiger charge is 2.39. The first-order valence-electron chi connectivity index (χ1n) is 7.50. The molecule has 1 N–H and O–H groups in total. The van der Waals surface area contributed by atoms with E-state index < -0.39 is 21.5 Å². The maximum Gasteiger partial charge on any atom is 0.327 e. The second-order valence-electron chi connectivity index (χ2n) is 5.90. The number of aryl methyl sites for hydroxylation is 1. The molecule has 2 aromatic carbocycles. The molecule has 6 heteroatoms. The number of esters is 1. The van der Waals surface area contributed by atoms with Crippen molar-refractivity contribution in [1.29, 1.82) is 0 Å². The van der Waals surface area contributed by atoms with Gasteiger partial charge in [0.05, 0.1) is 12.0 Å². The van der Waals surface area contributed by atoms with Crippen LogP contribution < -0.4 is 4.72 Å². The van der Waals surface area contributed by atoms with Crippen molar-refractivity contribution in [3.8, 4) is 0 Å². The molecule has 0 fully saturated rings. The Kier molecular flexibility index (Phi) is 5.41. The number of benzene rings is 2. The zero-order valence-corrected chi connectivity index (χ0v) is 14.8. The molecule has 0 aromatic heterocycles. The maximum absolute atomic E-state index is 12.7. The summed E-state index contributed by atoms with van der Waals surface area (Å²) in [5, 5.41) is 0. The predicted octanol–water partition coefficient (Wildman–Crippen LogP) is 2.45. The summed E-state index contributed by atoms with van der Waals surface area (Å²) < 4.78 is 32.6. The Bertz CT molecular complexity index is 801. The van der Waals surface area contributed by atoms with E-state index in [0.717, 1.165) is 11.1 Å². The molecule has 0 saturated carbocycles. The predicted molar refractivity (Wildman–Crippen MR) is 92.1 cm³/mol. The van der Waals surface area contributed by atoms with Crippen molar-refractivity contribution in [3.63, 3.8) is 0 Å². The number of methoxy groups -OCH3 is 1. The largest absolute Gasteiger partial charge is 0.468 e. The van der Waals surface area contributed by atoms with Crippen LogP contribution in [-0.4, -0.2) is 27.0 Å². The third-order valence-corrected chi connectivity index (χ3v) is 5.34. The topological polar surface area (TPSA) is 72.5 Å². The summed E-state index contributed by atoms with van der Waals surface area (Å²) in [5.74, 6) is -0.637. The minimum absolute atomic E-state index is 0.108. The SMILES string of the molecule is COC(=O)[C@@](C)(Cc1ccccc1)NS(=O)(=O)c1ccc(C)cc1. The van der Waals surface area contributed by atoms with E-state index in [-0.39, 0.29) is 11.3 Å². The zero-order valence-electron chi connectivity index (χ0n) is 13.9. The number of carbonyl (C=O) groups is 1. The molecule has 0 heterocycles. The second kappa shape index (κ2) is 7.15. The summed E-state index contributed by atoms with van der Waals surface area (Å²) in [4.78, 5) is 12.4. The summed E-state index contributed by atoms with van der Waals surface area (Å²) in [5.41, 5.74) is 0.380. The number of hydrogen-bond donors (Lipinski definition) is 1. The number of nitrogens with one attached hydrogen (secondary N) is 1. The number of hydrogen-bond acceptors (Lipinski definition) is 4. The van der Waals surface area contributed by atoms with Gasteiger partial charge in [0.25, 0.3) is 0 Å². The van der Waals surface area contributed by atoms with Gasteiger partial charge in [-0.2, -0.15) is 4.72 Å². The fourth-order valence-corrected chi connectivity index (χ4v) is 3.81. The molecule has 0 saturated heterocycles. The van der Waals surface area contributed by atoms with E-state index in [0.29, 0.717) is 0 Å². The van der Waals surface area contributed by atoms with Gasteiger partial charge in [0, 0.05) is 6.42 Å². The first kappa shape index (κ1) is 18.2. The third-order valence-electron chi connectivity index (χ3n) is 3.73.